The van der Waals surface area contributed by atoms with Crippen molar-refractivity contribution >= 4 is 45.5 Å². The molecule has 0 spiro atoms. The van der Waals surface area contributed by atoms with E-state index in [2.05, 4.69) is 20.8 Å². The Morgan fingerprint density at radius 3 is 2.11 bits per heavy atom. The largest absolute Gasteiger partial charge is 0.497 e. The van der Waals surface area contributed by atoms with Gasteiger partial charge in [0, 0.05) is 11.4 Å². The fourth-order valence-corrected chi connectivity index (χ4v) is 4.14. The number of hydrogen-bond donors (Lipinski definition) is 2. The number of carbonyl (C=O) groups excluding carboxylic acids is 1. The molecule has 2 aromatic carbocycles. The minimum absolute atomic E-state index is 0.102. The standard InChI is InChI=1S/C19H20N4O3S2/c1-12(17(24)20-13-4-8-15(25-2)9-5-13)27-19-23-22-18(28-19)21-14-6-10-16(26-3)11-7-14/h4-12H,1-3H3,(H,20,24)(H,21,22)/t12-/m0/s1. The summed E-state index contributed by atoms with van der Waals surface area (Å²) in [6, 6.07) is 14.7. The number of aromatic nitrogens is 2. The summed E-state index contributed by atoms with van der Waals surface area (Å²) >= 11 is 2.76. The van der Waals surface area contributed by atoms with Gasteiger partial charge in [-0.05, 0) is 55.5 Å². The lowest BCUT2D eigenvalue weighted by Gasteiger charge is -2.10. The molecule has 3 rings (SSSR count). The van der Waals surface area contributed by atoms with Crippen molar-refractivity contribution in [2.75, 3.05) is 24.9 Å². The summed E-state index contributed by atoms with van der Waals surface area (Å²) in [4.78, 5) is 12.4. The molecule has 0 aliphatic carbocycles. The fraction of sp³-hybridized carbons (Fsp3) is 0.211. The third-order valence-electron chi connectivity index (χ3n) is 3.75. The molecule has 0 radical (unpaired) electrons. The number of thioether (sulfide) groups is 1. The van der Waals surface area contributed by atoms with Crippen LogP contribution < -0.4 is 20.1 Å². The molecule has 7 nitrogen and oxygen atoms in total. The third-order valence-corrected chi connectivity index (χ3v) is 5.78. The second kappa shape index (κ2) is 9.43. The Hall–Kier alpha value is -2.78. The minimum Gasteiger partial charge on any atom is -0.497 e. The molecule has 146 valence electrons. The van der Waals surface area contributed by atoms with Gasteiger partial charge in [-0.15, -0.1) is 10.2 Å². The minimum atomic E-state index is -0.316. The van der Waals surface area contributed by atoms with E-state index >= 15 is 0 Å². The number of amides is 1. The molecule has 0 saturated heterocycles. The molecule has 0 aliphatic heterocycles. The summed E-state index contributed by atoms with van der Waals surface area (Å²) in [5.41, 5.74) is 1.61. The van der Waals surface area contributed by atoms with Crippen molar-refractivity contribution in [2.45, 2.75) is 16.5 Å². The molecule has 0 aliphatic rings. The monoisotopic (exact) mass is 416 g/mol. The molecular formula is C19H20N4O3S2. The molecule has 0 unspecified atom stereocenters. The van der Waals surface area contributed by atoms with Crippen molar-refractivity contribution in [3.63, 3.8) is 0 Å². The average Bonchev–Trinajstić information content (AvgIpc) is 3.15. The number of rotatable bonds is 8. The lowest BCUT2D eigenvalue weighted by Crippen LogP contribution is -2.22. The van der Waals surface area contributed by atoms with Crippen molar-refractivity contribution in [1.29, 1.82) is 0 Å². The summed E-state index contributed by atoms with van der Waals surface area (Å²) in [7, 11) is 3.23. The molecule has 2 N–H and O–H groups in total. The van der Waals surface area contributed by atoms with Crippen molar-refractivity contribution in [2.24, 2.45) is 0 Å². The molecule has 9 heteroatoms. The van der Waals surface area contributed by atoms with Crippen LogP contribution in [-0.2, 0) is 4.79 Å². The maximum atomic E-state index is 12.4. The van der Waals surface area contributed by atoms with E-state index in [9.17, 15) is 4.79 Å². The first-order valence-electron chi connectivity index (χ1n) is 8.43. The number of carbonyl (C=O) groups is 1. The highest BCUT2D eigenvalue weighted by Crippen LogP contribution is 2.31. The van der Waals surface area contributed by atoms with Crippen molar-refractivity contribution in [1.82, 2.24) is 10.2 Å². The molecule has 3 aromatic rings. The SMILES string of the molecule is COc1ccc(NC(=O)[C@H](C)Sc2nnc(Nc3ccc(OC)cc3)s2)cc1. The predicted octanol–water partition coefficient (Wildman–Crippen LogP) is 4.42. The van der Waals surface area contributed by atoms with Crippen LogP contribution in [-0.4, -0.2) is 35.6 Å². The van der Waals surface area contributed by atoms with Crippen molar-refractivity contribution < 1.29 is 14.3 Å². The molecule has 0 fully saturated rings. The number of methoxy groups -OCH3 is 2. The van der Waals surface area contributed by atoms with E-state index in [4.69, 9.17) is 9.47 Å². The summed E-state index contributed by atoms with van der Waals surface area (Å²) < 4.78 is 11.0. The smallest absolute Gasteiger partial charge is 0.237 e. The Morgan fingerprint density at radius 1 is 0.964 bits per heavy atom. The van der Waals surface area contributed by atoms with E-state index in [1.165, 1.54) is 23.1 Å². The van der Waals surface area contributed by atoms with Crippen LogP contribution in [0.1, 0.15) is 6.92 Å². The van der Waals surface area contributed by atoms with Crippen LogP contribution in [0.25, 0.3) is 0 Å². The first kappa shape index (κ1) is 20.0. The lowest BCUT2D eigenvalue weighted by molar-refractivity contribution is -0.115. The predicted molar refractivity (Wildman–Crippen MR) is 113 cm³/mol. The van der Waals surface area contributed by atoms with E-state index in [-0.39, 0.29) is 11.2 Å². The summed E-state index contributed by atoms with van der Waals surface area (Å²) in [5, 5.41) is 14.7. The van der Waals surface area contributed by atoms with Gasteiger partial charge < -0.3 is 20.1 Å². The molecule has 1 aromatic heterocycles. The van der Waals surface area contributed by atoms with Gasteiger partial charge in [0.05, 0.1) is 19.5 Å². The lowest BCUT2D eigenvalue weighted by atomic mass is 10.3. The Kier molecular flexibility index (Phi) is 6.72. The number of nitrogens with zero attached hydrogens (tertiary/aromatic N) is 2. The van der Waals surface area contributed by atoms with Gasteiger partial charge >= 0.3 is 0 Å². The van der Waals surface area contributed by atoms with Gasteiger partial charge in [-0.3, -0.25) is 4.79 Å². The molecule has 28 heavy (non-hydrogen) atoms. The number of benzene rings is 2. The molecular weight excluding hydrogens is 396 g/mol. The van der Waals surface area contributed by atoms with E-state index in [0.717, 1.165) is 22.9 Å². The molecule has 1 atom stereocenters. The zero-order valence-corrected chi connectivity index (χ0v) is 17.3. The first-order valence-corrected chi connectivity index (χ1v) is 10.1. The van der Waals surface area contributed by atoms with Gasteiger partial charge in [-0.25, -0.2) is 0 Å². The topological polar surface area (TPSA) is 85.4 Å². The van der Waals surface area contributed by atoms with Gasteiger partial charge in [-0.1, -0.05) is 23.1 Å². The van der Waals surface area contributed by atoms with Crippen LogP contribution in [0.5, 0.6) is 11.5 Å². The van der Waals surface area contributed by atoms with Crippen molar-refractivity contribution in [3.8, 4) is 11.5 Å². The first-order chi connectivity index (χ1) is 13.6. The van der Waals surface area contributed by atoms with Gasteiger partial charge in [0.15, 0.2) is 4.34 Å². The maximum absolute atomic E-state index is 12.4. The second-order valence-corrected chi connectivity index (χ2v) is 8.27. The number of hydrogen-bond acceptors (Lipinski definition) is 8. The highest BCUT2D eigenvalue weighted by molar-refractivity contribution is 8.02. The van der Waals surface area contributed by atoms with Crippen LogP contribution in [0.2, 0.25) is 0 Å². The van der Waals surface area contributed by atoms with Crippen LogP contribution in [0, 0.1) is 0 Å². The third kappa shape index (κ3) is 5.37. The number of anilines is 3. The van der Waals surface area contributed by atoms with Crippen molar-refractivity contribution in [3.05, 3.63) is 48.5 Å². The average molecular weight is 417 g/mol. The number of nitrogens with one attached hydrogen (secondary N) is 2. The molecule has 1 amide bonds. The van der Waals surface area contributed by atoms with Gasteiger partial charge in [-0.2, -0.15) is 0 Å². The quantitative estimate of drug-likeness (QED) is 0.526. The highest BCUT2D eigenvalue weighted by Gasteiger charge is 2.17. The summed E-state index contributed by atoms with van der Waals surface area (Å²) in [6.45, 7) is 1.83. The van der Waals surface area contributed by atoms with Gasteiger partial charge in [0.2, 0.25) is 11.0 Å². The zero-order chi connectivity index (χ0) is 19.9. The molecule has 0 bridgehead atoms. The van der Waals surface area contributed by atoms with E-state index < -0.39 is 0 Å². The zero-order valence-electron chi connectivity index (χ0n) is 15.6. The van der Waals surface area contributed by atoms with Crippen LogP contribution >= 0.6 is 23.1 Å². The van der Waals surface area contributed by atoms with Gasteiger partial charge in [0.25, 0.3) is 0 Å². The number of ether oxygens (including phenoxy) is 2. The highest BCUT2D eigenvalue weighted by atomic mass is 32.2. The second-order valence-electron chi connectivity index (χ2n) is 5.70. The van der Waals surface area contributed by atoms with Crippen LogP contribution in [0.15, 0.2) is 52.9 Å². The Bertz CT molecular complexity index is 914. The van der Waals surface area contributed by atoms with E-state index in [0.29, 0.717) is 9.47 Å². The Labute approximate surface area is 171 Å². The van der Waals surface area contributed by atoms with Crippen LogP contribution in [0.4, 0.5) is 16.5 Å². The summed E-state index contributed by atoms with van der Waals surface area (Å²) in [5.74, 6) is 1.43. The summed E-state index contributed by atoms with van der Waals surface area (Å²) in [6.07, 6.45) is 0. The fourth-order valence-electron chi connectivity index (χ4n) is 2.23. The van der Waals surface area contributed by atoms with E-state index in [1.807, 2.05) is 31.2 Å². The maximum Gasteiger partial charge on any atom is 0.237 e. The van der Waals surface area contributed by atoms with Crippen LogP contribution in [0.3, 0.4) is 0 Å². The van der Waals surface area contributed by atoms with Gasteiger partial charge in [0.1, 0.15) is 11.5 Å². The normalized spacial score (nSPS) is 11.5. The van der Waals surface area contributed by atoms with E-state index in [1.54, 1.807) is 38.5 Å². The molecule has 1 heterocycles. The molecule has 0 saturated carbocycles. The Balaban J connectivity index is 1.54. The Morgan fingerprint density at radius 2 is 1.54 bits per heavy atom.